The van der Waals surface area contributed by atoms with Crippen molar-refractivity contribution in [3.05, 3.63) is 0 Å². The Morgan fingerprint density at radius 2 is 1.87 bits per heavy atom. The number of carbonyl (C=O) groups excluding carboxylic acids is 2. The third-order valence-electron chi connectivity index (χ3n) is 3.56. The Kier molecular flexibility index (Phi) is 3.05. The highest BCUT2D eigenvalue weighted by Gasteiger charge is 2.39. The van der Waals surface area contributed by atoms with Crippen LogP contribution in [0.4, 0.5) is 0 Å². The largest absolute Gasteiger partial charge is 0.272 e. The molecule has 1 saturated heterocycles. The van der Waals surface area contributed by atoms with Gasteiger partial charge in [-0.3, -0.25) is 14.4 Å². The van der Waals surface area contributed by atoms with Crippen molar-refractivity contribution in [1.82, 2.24) is 5.06 Å². The highest BCUT2D eigenvalue weighted by Crippen LogP contribution is 2.36. The Morgan fingerprint density at radius 1 is 1.20 bits per heavy atom. The summed E-state index contributed by atoms with van der Waals surface area (Å²) >= 11 is 0. The molecule has 1 saturated carbocycles. The molecule has 4 heteroatoms. The Labute approximate surface area is 89.5 Å². The van der Waals surface area contributed by atoms with E-state index < -0.39 is 0 Å². The molecule has 0 bridgehead atoms. The van der Waals surface area contributed by atoms with Gasteiger partial charge in [0.05, 0.1) is 7.11 Å². The maximum Gasteiger partial charge on any atom is 0.256 e. The minimum Gasteiger partial charge on any atom is -0.272 e. The first-order valence-corrected chi connectivity index (χ1v) is 5.65. The lowest BCUT2D eigenvalue weighted by Crippen LogP contribution is -2.46. The van der Waals surface area contributed by atoms with Gasteiger partial charge in [-0.1, -0.05) is 12.8 Å². The molecule has 1 heterocycles. The Morgan fingerprint density at radius 3 is 2.47 bits per heavy atom. The van der Waals surface area contributed by atoms with Gasteiger partial charge in [0.15, 0.2) is 0 Å². The maximum atomic E-state index is 11.9. The molecule has 0 radical (unpaired) electrons. The van der Waals surface area contributed by atoms with E-state index in [1.807, 2.05) is 0 Å². The van der Waals surface area contributed by atoms with E-state index in [1.54, 1.807) is 0 Å². The van der Waals surface area contributed by atoms with E-state index in [0.717, 1.165) is 17.9 Å². The van der Waals surface area contributed by atoms with Gasteiger partial charge < -0.3 is 0 Å². The highest BCUT2D eigenvalue weighted by molar-refractivity contribution is 5.97. The molecule has 2 amide bonds. The van der Waals surface area contributed by atoms with Crippen molar-refractivity contribution in [1.29, 1.82) is 0 Å². The Bertz CT molecular complexity index is 271. The minimum absolute atomic E-state index is 0.0187. The average Bonchev–Trinajstić information content (AvgIpc) is 2.71. The zero-order valence-corrected chi connectivity index (χ0v) is 9.07. The number of imide groups is 1. The van der Waals surface area contributed by atoms with Gasteiger partial charge >= 0.3 is 0 Å². The Hall–Kier alpha value is -0.900. The van der Waals surface area contributed by atoms with Gasteiger partial charge in [-0.25, -0.2) is 0 Å². The van der Waals surface area contributed by atoms with Crippen LogP contribution in [0.1, 0.15) is 38.5 Å². The minimum atomic E-state index is -0.197. The fraction of sp³-hybridized carbons (Fsp3) is 0.818. The molecule has 0 N–H and O–H groups in total. The van der Waals surface area contributed by atoms with Crippen molar-refractivity contribution >= 4 is 11.8 Å². The summed E-state index contributed by atoms with van der Waals surface area (Å²) in [6, 6.07) is 0. The van der Waals surface area contributed by atoms with Gasteiger partial charge in [0, 0.05) is 12.3 Å². The third kappa shape index (κ3) is 1.91. The summed E-state index contributed by atoms with van der Waals surface area (Å²) in [6.45, 7) is 0. The molecule has 2 fully saturated rings. The van der Waals surface area contributed by atoms with Crippen LogP contribution in [0.15, 0.2) is 0 Å². The number of amides is 2. The standard InChI is InChI=1S/C11H17NO3/c1-15-12-10(13)7-6-9(11(12)14)8-4-2-3-5-8/h8-9H,2-7H2,1H3. The van der Waals surface area contributed by atoms with Gasteiger partial charge in [-0.15, -0.1) is 0 Å². The summed E-state index contributed by atoms with van der Waals surface area (Å²) in [5.41, 5.74) is 0. The summed E-state index contributed by atoms with van der Waals surface area (Å²) in [5.74, 6) is 0.172. The van der Waals surface area contributed by atoms with Crippen LogP contribution in [0.2, 0.25) is 0 Å². The van der Waals surface area contributed by atoms with Gasteiger partial charge in [-0.05, 0) is 25.2 Å². The predicted molar refractivity (Wildman–Crippen MR) is 53.5 cm³/mol. The third-order valence-corrected chi connectivity index (χ3v) is 3.56. The van der Waals surface area contributed by atoms with Crippen LogP contribution in [-0.4, -0.2) is 24.0 Å². The first-order valence-electron chi connectivity index (χ1n) is 5.65. The molecule has 15 heavy (non-hydrogen) atoms. The van der Waals surface area contributed by atoms with Crippen molar-refractivity contribution in [2.24, 2.45) is 11.8 Å². The van der Waals surface area contributed by atoms with E-state index in [2.05, 4.69) is 0 Å². The van der Waals surface area contributed by atoms with E-state index in [0.29, 0.717) is 18.8 Å². The number of piperidine rings is 1. The molecule has 0 aromatic rings. The lowest BCUT2D eigenvalue weighted by molar-refractivity contribution is -0.196. The van der Waals surface area contributed by atoms with E-state index in [4.69, 9.17) is 4.84 Å². The first kappa shape index (κ1) is 10.6. The van der Waals surface area contributed by atoms with Gasteiger partial charge in [0.1, 0.15) is 0 Å². The number of carbonyl (C=O) groups is 2. The van der Waals surface area contributed by atoms with E-state index in [9.17, 15) is 9.59 Å². The van der Waals surface area contributed by atoms with Gasteiger partial charge in [0.2, 0.25) is 0 Å². The molecule has 0 spiro atoms. The highest BCUT2D eigenvalue weighted by atomic mass is 16.7. The fourth-order valence-electron chi connectivity index (χ4n) is 2.77. The van der Waals surface area contributed by atoms with E-state index in [-0.39, 0.29) is 17.7 Å². The normalized spacial score (nSPS) is 28.9. The summed E-state index contributed by atoms with van der Waals surface area (Å²) in [4.78, 5) is 28.2. The number of rotatable bonds is 2. The van der Waals surface area contributed by atoms with Crippen molar-refractivity contribution in [3.63, 3.8) is 0 Å². The number of hydroxylamine groups is 2. The molecule has 0 aromatic heterocycles. The summed E-state index contributed by atoms with van der Waals surface area (Å²) in [7, 11) is 1.38. The van der Waals surface area contributed by atoms with Crippen molar-refractivity contribution in [2.45, 2.75) is 38.5 Å². The SMILES string of the molecule is CON1C(=O)CCC(C2CCCC2)C1=O. The molecule has 1 atom stereocenters. The summed E-state index contributed by atoms with van der Waals surface area (Å²) in [6.07, 6.45) is 5.85. The van der Waals surface area contributed by atoms with Crippen molar-refractivity contribution in [2.75, 3.05) is 7.11 Å². The lowest BCUT2D eigenvalue weighted by atomic mass is 9.84. The zero-order valence-electron chi connectivity index (χ0n) is 9.07. The van der Waals surface area contributed by atoms with Crippen molar-refractivity contribution < 1.29 is 14.4 Å². The van der Waals surface area contributed by atoms with Crippen LogP contribution in [0, 0.1) is 11.8 Å². The molecule has 2 rings (SSSR count). The van der Waals surface area contributed by atoms with Crippen LogP contribution < -0.4 is 0 Å². The number of hydrogen-bond donors (Lipinski definition) is 0. The van der Waals surface area contributed by atoms with E-state index >= 15 is 0 Å². The Balaban J connectivity index is 2.07. The monoisotopic (exact) mass is 211 g/mol. The second-order valence-corrected chi connectivity index (χ2v) is 4.40. The molecule has 84 valence electrons. The van der Waals surface area contributed by atoms with Crippen molar-refractivity contribution in [3.8, 4) is 0 Å². The van der Waals surface area contributed by atoms with Crippen LogP contribution in [0.3, 0.4) is 0 Å². The smallest absolute Gasteiger partial charge is 0.256 e. The van der Waals surface area contributed by atoms with Crippen LogP contribution >= 0.6 is 0 Å². The zero-order chi connectivity index (χ0) is 10.8. The van der Waals surface area contributed by atoms with Gasteiger partial charge in [-0.2, -0.15) is 5.06 Å². The molecule has 1 unspecified atom stereocenters. The first-order chi connectivity index (χ1) is 7.24. The second-order valence-electron chi connectivity index (χ2n) is 4.40. The van der Waals surface area contributed by atoms with Crippen LogP contribution in [0.25, 0.3) is 0 Å². The van der Waals surface area contributed by atoms with Crippen LogP contribution in [0.5, 0.6) is 0 Å². The summed E-state index contributed by atoms with van der Waals surface area (Å²) < 4.78 is 0. The molecule has 1 aliphatic heterocycles. The molecular weight excluding hydrogens is 194 g/mol. The van der Waals surface area contributed by atoms with E-state index in [1.165, 1.54) is 20.0 Å². The maximum absolute atomic E-state index is 11.9. The molecule has 4 nitrogen and oxygen atoms in total. The second kappa shape index (κ2) is 4.31. The molecule has 0 aromatic carbocycles. The number of nitrogens with zero attached hydrogens (tertiary/aromatic N) is 1. The molecule has 1 aliphatic carbocycles. The summed E-state index contributed by atoms with van der Waals surface area (Å²) in [5, 5.41) is 0.951. The average molecular weight is 211 g/mol. The predicted octanol–water partition coefficient (Wildman–Crippen LogP) is 1.50. The quantitative estimate of drug-likeness (QED) is 0.650. The topological polar surface area (TPSA) is 46.6 Å². The van der Waals surface area contributed by atoms with Crippen LogP contribution in [-0.2, 0) is 14.4 Å². The fourth-order valence-corrected chi connectivity index (χ4v) is 2.77. The van der Waals surface area contributed by atoms with Gasteiger partial charge in [0.25, 0.3) is 11.8 Å². The molecule has 2 aliphatic rings. The lowest BCUT2D eigenvalue weighted by Gasteiger charge is -2.31. The molecular formula is C11H17NO3. The number of hydrogen-bond acceptors (Lipinski definition) is 3.